The molecule has 6 heteroatoms. The summed E-state index contributed by atoms with van der Waals surface area (Å²) in [6, 6.07) is 9.76. The van der Waals surface area contributed by atoms with Crippen LogP contribution in [0.5, 0.6) is 0 Å². The van der Waals surface area contributed by atoms with Crippen molar-refractivity contribution in [3.63, 3.8) is 0 Å². The fourth-order valence-electron chi connectivity index (χ4n) is 3.42. The number of hydrogen-bond acceptors (Lipinski definition) is 3. The molecule has 2 aromatic rings. The normalized spacial score (nSPS) is 12.2. The van der Waals surface area contributed by atoms with Crippen LogP contribution in [0.3, 0.4) is 0 Å². The summed E-state index contributed by atoms with van der Waals surface area (Å²) in [5, 5.41) is 6.84. The molecule has 0 saturated heterocycles. The molecule has 0 aliphatic rings. The molecule has 0 saturated carbocycles. The Bertz CT molecular complexity index is 698. The summed E-state index contributed by atoms with van der Waals surface area (Å²) < 4.78 is 2.07. The molecule has 28 heavy (non-hydrogen) atoms. The Kier molecular flexibility index (Phi) is 9.01. The van der Waals surface area contributed by atoms with Crippen molar-refractivity contribution in [3.8, 4) is 0 Å². The van der Waals surface area contributed by atoms with Gasteiger partial charge in [-0.3, -0.25) is 9.89 Å². The Hall–Kier alpha value is -2.34. The first-order valence-electron chi connectivity index (χ1n) is 10.2. The second kappa shape index (κ2) is 11.5. The molecular formula is C22H36N6. The number of aromatic nitrogens is 2. The summed E-state index contributed by atoms with van der Waals surface area (Å²) in [6.07, 6.45) is 6.73. The van der Waals surface area contributed by atoms with E-state index in [1.165, 1.54) is 11.1 Å². The number of guanidine groups is 1. The lowest BCUT2D eigenvalue weighted by molar-refractivity contribution is 0.173. The zero-order valence-corrected chi connectivity index (χ0v) is 18.0. The van der Waals surface area contributed by atoms with Gasteiger partial charge in [0.25, 0.3) is 0 Å². The zero-order chi connectivity index (χ0) is 20.4. The third-order valence-electron chi connectivity index (χ3n) is 4.81. The topological polar surface area (TPSA) is 57.5 Å². The average molecular weight is 385 g/mol. The van der Waals surface area contributed by atoms with Crippen molar-refractivity contribution in [2.24, 2.45) is 4.99 Å². The van der Waals surface area contributed by atoms with E-state index in [9.17, 15) is 0 Å². The highest BCUT2D eigenvalue weighted by molar-refractivity contribution is 5.79. The van der Waals surface area contributed by atoms with Crippen molar-refractivity contribution in [3.05, 3.63) is 54.1 Å². The first-order chi connectivity index (χ1) is 13.5. The Morgan fingerprint density at radius 1 is 1.14 bits per heavy atom. The molecule has 154 valence electrons. The second-order valence-corrected chi connectivity index (χ2v) is 7.69. The van der Waals surface area contributed by atoms with Crippen molar-refractivity contribution in [2.45, 2.75) is 59.3 Å². The van der Waals surface area contributed by atoms with Crippen molar-refractivity contribution in [1.29, 1.82) is 0 Å². The smallest absolute Gasteiger partial charge is 0.191 e. The van der Waals surface area contributed by atoms with Gasteiger partial charge in [-0.2, -0.15) is 0 Å². The van der Waals surface area contributed by atoms with Crippen LogP contribution in [0.2, 0.25) is 0 Å². The van der Waals surface area contributed by atoms with Crippen molar-refractivity contribution < 1.29 is 0 Å². The minimum Gasteiger partial charge on any atom is -0.356 e. The third kappa shape index (κ3) is 7.35. The molecule has 2 N–H and O–H groups in total. The summed E-state index contributed by atoms with van der Waals surface area (Å²) >= 11 is 0. The van der Waals surface area contributed by atoms with E-state index in [0.29, 0.717) is 12.1 Å². The molecule has 0 fully saturated rings. The highest BCUT2D eigenvalue weighted by Crippen LogP contribution is 2.07. The van der Waals surface area contributed by atoms with Crippen LogP contribution in [0.25, 0.3) is 0 Å². The molecule has 0 aliphatic heterocycles. The van der Waals surface area contributed by atoms with Gasteiger partial charge in [-0.1, -0.05) is 24.3 Å². The molecule has 0 bridgehead atoms. The van der Waals surface area contributed by atoms with E-state index in [4.69, 9.17) is 0 Å². The summed E-state index contributed by atoms with van der Waals surface area (Å²) in [7, 11) is 1.82. The zero-order valence-electron chi connectivity index (χ0n) is 18.0. The van der Waals surface area contributed by atoms with Gasteiger partial charge in [0, 0.05) is 57.7 Å². The van der Waals surface area contributed by atoms with Crippen molar-refractivity contribution >= 4 is 5.96 Å². The Balaban J connectivity index is 1.76. The first-order valence-corrected chi connectivity index (χ1v) is 10.2. The van der Waals surface area contributed by atoms with E-state index < -0.39 is 0 Å². The number of hydrogen-bond donors (Lipinski definition) is 2. The van der Waals surface area contributed by atoms with Crippen molar-refractivity contribution in [1.82, 2.24) is 25.1 Å². The van der Waals surface area contributed by atoms with Crippen LogP contribution in [0.4, 0.5) is 0 Å². The number of imidazole rings is 1. The average Bonchev–Trinajstić information content (AvgIpc) is 3.16. The fourth-order valence-corrected chi connectivity index (χ4v) is 3.42. The largest absolute Gasteiger partial charge is 0.356 e. The highest BCUT2D eigenvalue weighted by atomic mass is 15.2. The van der Waals surface area contributed by atoms with Crippen LogP contribution in [-0.2, 0) is 13.1 Å². The van der Waals surface area contributed by atoms with E-state index >= 15 is 0 Å². The maximum absolute atomic E-state index is 4.34. The van der Waals surface area contributed by atoms with E-state index in [1.807, 2.05) is 25.8 Å². The molecule has 2 rings (SSSR count). The molecule has 0 spiro atoms. The molecule has 0 radical (unpaired) electrons. The summed E-state index contributed by atoms with van der Waals surface area (Å²) in [5.41, 5.74) is 2.51. The SMILES string of the molecule is CN=C(NCCCN(C(C)C)C(C)C)NCc1cccc(Cn2ccnc2)c1. The fraction of sp³-hybridized carbons (Fsp3) is 0.545. The Morgan fingerprint density at radius 2 is 1.89 bits per heavy atom. The molecule has 0 amide bonds. The molecule has 6 nitrogen and oxygen atoms in total. The van der Waals surface area contributed by atoms with Crippen LogP contribution in [0.1, 0.15) is 45.2 Å². The lowest BCUT2D eigenvalue weighted by Gasteiger charge is -2.30. The van der Waals surface area contributed by atoms with Crippen LogP contribution in [0, 0.1) is 0 Å². The summed E-state index contributed by atoms with van der Waals surface area (Å²) in [5.74, 6) is 0.848. The van der Waals surface area contributed by atoms with Gasteiger partial charge in [-0.05, 0) is 45.2 Å². The van der Waals surface area contributed by atoms with Gasteiger partial charge in [0.05, 0.1) is 6.33 Å². The van der Waals surface area contributed by atoms with Gasteiger partial charge >= 0.3 is 0 Å². The number of benzene rings is 1. The molecule has 0 unspecified atom stereocenters. The number of aliphatic imine (C=N–C) groups is 1. The molecule has 1 heterocycles. The van der Waals surface area contributed by atoms with Gasteiger partial charge in [-0.15, -0.1) is 0 Å². The lowest BCUT2D eigenvalue weighted by atomic mass is 10.1. The maximum Gasteiger partial charge on any atom is 0.191 e. The summed E-state index contributed by atoms with van der Waals surface area (Å²) in [4.78, 5) is 11.0. The maximum atomic E-state index is 4.34. The van der Waals surface area contributed by atoms with Gasteiger partial charge in [0.1, 0.15) is 0 Å². The van der Waals surface area contributed by atoms with E-state index in [0.717, 1.165) is 38.6 Å². The third-order valence-corrected chi connectivity index (χ3v) is 4.81. The minimum atomic E-state index is 0.576. The monoisotopic (exact) mass is 384 g/mol. The predicted octanol–water partition coefficient (Wildman–Crippen LogP) is 3.11. The van der Waals surface area contributed by atoms with E-state index in [2.05, 4.69) is 82.0 Å². The quantitative estimate of drug-likeness (QED) is 0.375. The van der Waals surface area contributed by atoms with Crippen LogP contribution in [-0.4, -0.2) is 52.6 Å². The predicted molar refractivity (Wildman–Crippen MR) is 118 cm³/mol. The standard InChI is InChI=1S/C22H36N6/c1-18(2)28(19(3)4)12-7-10-25-22(23-5)26-15-20-8-6-9-21(14-20)16-27-13-11-24-17-27/h6,8-9,11,13-14,17-19H,7,10,12,15-16H2,1-5H3,(H2,23,25,26). The second-order valence-electron chi connectivity index (χ2n) is 7.69. The van der Waals surface area contributed by atoms with Gasteiger partial charge in [0.2, 0.25) is 0 Å². The highest BCUT2D eigenvalue weighted by Gasteiger charge is 2.12. The number of nitrogens with zero attached hydrogens (tertiary/aromatic N) is 4. The van der Waals surface area contributed by atoms with Crippen LogP contribution in [0.15, 0.2) is 48.0 Å². The number of nitrogens with one attached hydrogen (secondary N) is 2. The van der Waals surface area contributed by atoms with Gasteiger partial charge in [0.15, 0.2) is 5.96 Å². The lowest BCUT2D eigenvalue weighted by Crippen LogP contribution is -2.41. The molecular weight excluding hydrogens is 348 g/mol. The van der Waals surface area contributed by atoms with E-state index in [-0.39, 0.29) is 0 Å². The Morgan fingerprint density at radius 3 is 2.54 bits per heavy atom. The molecule has 0 atom stereocenters. The van der Waals surface area contributed by atoms with Crippen molar-refractivity contribution in [2.75, 3.05) is 20.1 Å². The Labute approximate surface area is 170 Å². The number of rotatable bonds is 10. The first kappa shape index (κ1) is 22.0. The van der Waals surface area contributed by atoms with Gasteiger partial charge < -0.3 is 15.2 Å². The van der Waals surface area contributed by atoms with Crippen LogP contribution >= 0.6 is 0 Å². The molecule has 0 aliphatic carbocycles. The molecule has 1 aromatic heterocycles. The molecule has 1 aromatic carbocycles. The van der Waals surface area contributed by atoms with E-state index in [1.54, 1.807) is 0 Å². The van der Waals surface area contributed by atoms with Crippen LogP contribution < -0.4 is 10.6 Å². The summed E-state index contributed by atoms with van der Waals surface area (Å²) in [6.45, 7) is 12.6. The van der Waals surface area contributed by atoms with Gasteiger partial charge in [-0.25, -0.2) is 4.98 Å². The minimum absolute atomic E-state index is 0.576.